The molecule has 0 aliphatic heterocycles. The first kappa shape index (κ1) is 15.8. The SMILES string of the molecule is CCNc1cc(NCCNC(=O)Cn2cccc2)nc(C)n1. The minimum atomic E-state index is -0.00907. The van der Waals surface area contributed by atoms with Crippen LogP contribution in [0.4, 0.5) is 11.6 Å². The summed E-state index contributed by atoms with van der Waals surface area (Å²) in [7, 11) is 0. The fourth-order valence-corrected chi connectivity index (χ4v) is 2.02. The van der Waals surface area contributed by atoms with Gasteiger partial charge in [0.2, 0.25) is 5.91 Å². The van der Waals surface area contributed by atoms with E-state index in [0.717, 1.165) is 18.2 Å². The van der Waals surface area contributed by atoms with Crippen LogP contribution in [-0.2, 0) is 11.3 Å². The number of carbonyl (C=O) groups is 1. The van der Waals surface area contributed by atoms with E-state index in [1.807, 2.05) is 49.0 Å². The van der Waals surface area contributed by atoms with Crippen LogP contribution in [0.15, 0.2) is 30.6 Å². The van der Waals surface area contributed by atoms with Gasteiger partial charge < -0.3 is 20.5 Å². The lowest BCUT2D eigenvalue weighted by molar-refractivity contribution is -0.121. The van der Waals surface area contributed by atoms with Gasteiger partial charge in [0.1, 0.15) is 24.0 Å². The van der Waals surface area contributed by atoms with Crippen molar-refractivity contribution in [3.8, 4) is 0 Å². The van der Waals surface area contributed by atoms with Crippen LogP contribution in [0.25, 0.3) is 0 Å². The molecule has 2 aromatic rings. The second kappa shape index (κ2) is 8.02. The summed E-state index contributed by atoms with van der Waals surface area (Å²) >= 11 is 0. The van der Waals surface area contributed by atoms with Crippen molar-refractivity contribution in [3.05, 3.63) is 36.4 Å². The zero-order chi connectivity index (χ0) is 15.8. The topological polar surface area (TPSA) is 83.9 Å². The number of aryl methyl sites for hydroxylation is 1. The summed E-state index contributed by atoms with van der Waals surface area (Å²) < 4.78 is 1.83. The second-order valence-corrected chi connectivity index (χ2v) is 4.85. The number of nitrogens with zero attached hydrogens (tertiary/aromatic N) is 3. The lowest BCUT2D eigenvalue weighted by Crippen LogP contribution is -2.31. The minimum Gasteiger partial charge on any atom is -0.370 e. The fourth-order valence-electron chi connectivity index (χ4n) is 2.02. The predicted octanol–water partition coefficient (Wildman–Crippen LogP) is 1.25. The van der Waals surface area contributed by atoms with Crippen molar-refractivity contribution in [2.75, 3.05) is 30.3 Å². The van der Waals surface area contributed by atoms with Gasteiger partial charge in [0.15, 0.2) is 0 Å². The molecule has 0 radical (unpaired) electrons. The molecule has 0 saturated heterocycles. The molecule has 0 unspecified atom stereocenters. The molecular formula is C15H22N6O. The van der Waals surface area contributed by atoms with E-state index in [0.29, 0.717) is 25.5 Å². The summed E-state index contributed by atoms with van der Waals surface area (Å²) in [5, 5.41) is 9.21. The Hall–Kier alpha value is -2.57. The molecule has 0 aromatic carbocycles. The Morgan fingerprint density at radius 1 is 1.14 bits per heavy atom. The number of anilines is 2. The van der Waals surface area contributed by atoms with Crippen molar-refractivity contribution in [3.63, 3.8) is 0 Å². The standard InChI is InChI=1S/C15H22N6O/c1-3-16-13-10-14(20-12(2)19-13)17-6-7-18-15(22)11-21-8-4-5-9-21/h4-5,8-10H,3,6-7,11H2,1-2H3,(H,18,22)(H2,16,17,19,20). The third kappa shape index (κ3) is 5.08. The number of aromatic nitrogens is 3. The maximum Gasteiger partial charge on any atom is 0.239 e. The van der Waals surface area contributed by atoms with Crippen molar-refractivity contribution in [2.45, 2.75) is 20.4 Å². The monoisotopic (exact) mass is 302 g/mol. The van der Waals surface area contributed by atoms with Gasteiger partial charge in [-0.1, -0.05) is 0 Å². The molecule has 0 saturated carbocycles. The Morgan fingerprint density at radius 2 is 1.82 bits per heavy atom. The molecular weight excluding hydrogens is 280 g/mol. The highest BCUT2D eigenvalue weighted by Crippen LogP contribution is 2.10. The summed E-state index contributed by atoms with van der Waals surface area (Å²) in [6.07, 6.45) is 3.73. The van der Waals surface area contributed by atoms with Gasteiger partial charge in [-0.05, 0) is 26.0 Å². The highest BCUT2D eigenvalue weighted by atomic mass is 16.1. The lowest BCUT2D eigenvalue weighted by Gasteiger charge is -2.10. The minimum absolute atomic E-state index is 0.00907. The predicted molar refractivity (Wildman–Crippen MR) is 86.9 cm³/mol. The summed E-state index contributed by atoms with van der Waals surface area (Å²) in [5.74, 6) is 2.25. The average molecular weight is 302 g/mol. The molecule has 1 amide bonds. The van der Waals surface area contributed by atoms with E-state index in [9.17, 15) is 4.79 Å². The van der Waals surface area contributed by atoms with E-state index in [1.165, 1.54) is 0 Å². The number of amides is 1. The van der Waals surface area contributed by atoms with Gasteiger partial charge in [-0.25, -0.2) is 9.97 Å². The molecule has 2 heterocycles. The second-order valence-electron chi connectivity index (χ2n) is 4.85. The molecule has 118 valence electrons. The highest BCUT2D eigenvalue weighted by molar-refractivity contribution is 5.75. The van der Waals surface area contributed by atoms with Gasteiger partial charge in [-0.2, -0.15) is 0 Å². The molecule has 0 aliphatic carbocycles. The van der Waals surface area contributed by atoms with Crippen LogP contribution in [0.1, 0.15) is 12.7 Å². The largest absolute Gasteiger partial charge is 0.370 e. The lowest BCUT2D eigenvalue weighted by atomic mass is 10.4. The van der Waals surface area contributed by atoms with Gasteiger partial charge in [-0.3, -0.25) is 4.79 Å². The van der Waals surface area contributed by atoms with Crippen LogP contribution in [-0.4, -0.2) is 40.1 Å². The zero-order valence-electron chi connectivity index (χ0n) is 13.0. The molecule has 0 bridgehead atoms. The maximum atomic E-state index is 11.7. The number of hydrogen-bond acceptors (Lipinski definition) is 5. The smallest absolute Gasteiger partial charge is 0.239 e. The number of carbonyl (C=O) groups excluding carboxylic acids is 1. The summed E-state index contributed by atoms with van der Waals surface area (Å²) in [5.41, 5.74) is 0. The van der Waals surface area contributed by atoms with E-state index in [2.05, 4.69) is 25.9 Å². The normalized spacial score (nSPS) is 10.3. The molecule has 3 N–H and O–H groups in total. The van der Waals surface area contributed by atoms with Crippen LogP contribution < -0.4 is 16.0 Å². The molecule has 0 aliphatic rings. The van der Waals surface area contributed by atoms with Gasteiger partial charge in [-0.15, -0.1) is 0 Å². The third-order valence-electron chi connectivity index (χ3n) is 2.94. The first-order valence-corrected chi connectivity index (χ1v) is 7.38. The van der Waals surface area contributed by atoms with E-state index < -0.39 is 0 Å². The zero-order valence-corrected chi connectivity index (χ0v) is 13.0. The van der Waals surface area contributed by atoms with Crippen molar-refractivity contribution < 1.29 is 4.79 Å². The van der Waals surface area contributed by atoms with Crippen molar-refractivity contribution in [1.29, 1.82) is 0 Å². The highest BCUT2D eigenvalue weighted by Gasteiger charge is 2.02. The maximum absolute atomic E-state index is 11.7. The van der Waals surface area contributed by atoms with E-state index in [4.69, 9.17) is 0 Å². The Kier molecular flexibility index (Phi) is 5.76. The molecule has 0 atom stereocenters. The average Bonchev–Trinajstić information content (AvgIpc) is 2.96. The quantitative estimate of drug-likeness (QED) is 0.639. The van der Waals surface area contributed by atoms with Crippen LogP contribution >= 0.6 is 0 Å². The van der Waals surface area contributed by atoms with Crippen LogP contribution in [0, 0.1) is 6.92 Å². The molecule has 22 heavy (non-hydrogen) atoms. The van der Waals surface area contributed by atoms with E-state index >= 15 is 0 Å². The first-order chi connectivity index (χ1) is 10.7. The Labute approximate surface area is 130 Å². The molecule has 2 aromatic heterocycles. The molecule has 0 spiro atoms. The van der Waals surface area contributed by atoms with Gasteiger partial charge in [0, 0.05) is 38.1 Å². The van der Waals surface area contributed by atoms with E-state index in [-0.39, 0.29) is 5.91 Å². The third-order valence-corrected chi connectivity index (χ3v) is 2.94. The summed E-state index contributed by atoms with van der Waals surface area (Å²) in [6.45, 7) is 6.17. The van der Waals surface area contributed by atoms with Gasteiger partial charge in [0.25, 0.3) is 0 Å². The Morgan fingerprint density at radius 3 is 2.50 bits per heavy atom. The Balaban J connectivity index is 1.73. The fraction of sp³-hybridized carbons (Fsp3) is 0.400. The molecule has 7 nitrogen and oxygen atoms in total. The first-order valence-electron chi connectivity index (χ1n) is 7.38. The number of nitrogens with one attached hydrogen (secondary N) is 3. The van der Waals surface area contributed by atoms with Crippen LogP contribution in [0.5, 0.6) is 0 Å². The van der Waals surface area contributed by atoms with Crippen molar-refractivity contribution in [2.24, 2.45) is 0 Å². The van der Waals surface area contributed by atoms with Crippen LogP contribution in [0.3, 0.4) is 0 Å². The van der Waals surface area contributed by atoms with E-state index in [1.54, 1.807) is 0 Å². The van der Waals surface area contributed by atoms with Crippen molar-refractivity contribution >= 4 is 17.5 Å². The number of hydrogen-bond donors (Lipinski definition) is 3. The number of rotatable bonds is 8. The summed E-state index contributed by atoms with van der Waals surface area (Å²) in [6, 6.07) is 5.65. The van der Waals surface area contributed by atoms with Gasteiger partial charge in [0.05, 0.1) is 0 Å². The molecule has 7 heteroatoms. The molecule has 0 fully saturated rings. The molecule has 2 rings (SSSR count). The van der Waals surface area contributed by atoms with Gasteiger partial charge >= 0.3 is 0 Å². The Bertz CT molecular complexity index is 596. The summed E-state index contributed by atoms with van der Waals surface area (Å²) in [4.78, 5) is 20.3. The van der Waals surface area contributed by atoms with Crippen molar-refractivity contribution in [1.82, 2.24) is 19.9 Å². The van der Waals surface area contributed by atoms with Crippen LogP contribution in [0.2, 0.25) is 0 Å².